The zero-order valence-electron chi connectivity index (χ0n) is 9.16. The van der Waals surface area contributed by atoms with Gasteiger partial charge >= 0.3 is 5.76 Å². The molecule has 1 unspecified atom stereocenters. The topological polar surface area (TPSA) is 61.2 Å². The number of hydrogen-bond donors (Lipinski definition) is 1. The smallest absolute Gasteiger partial charge is 0.407 e. The standard InChI is InChI=1S/C11H13ClN2O2/c1-6(5-13)8-3-7(12)4-9-10(8)16-11(15)14(9)2/h3-4,6H,5,13H2,1-2H3. The second-order valence-electron chi connectivity index (χ2n) is 3.91. The number of benzene rings is 1. The molecule has 86 valence electrons. The van der Waals surface area contributed by atoms with Crippen molar-refractivity contribution >= 4 is 22.7 Å². The first-order valence-electron chi connectivity index (χ1n) is 5.03. The van der Waals surface area contributed by atoms with E-state index in [4.69, 9.17) is 21.8 Å². The quantitative estimate of drug-likeness (QED) is 0.872. The maximum absolute atomic E-state index is 11.4. The van der Waals surface area contributed by atoms with E-state index in [0.29, 0.717) is 22.7 Å². The van der Waals surface area contributed by atoms with Gasteiger partial charge in [-0.05, 0) is 24.6 Å². The van der Waals surface area contributed by atoms with Gasteiger partial charge in [0, 0.05) is 17.6 Å². The third-order valence-electron chi connectivity index (χ3n) is 2.77. The Balaban J connectivity index is 2.83. The van der Waals surface area contributed by atoms with Crippen LogP contribution in [0.3, 0.4) is 0 Å². The van der Waals surface area contributed by atoms with Crippen LogP contribution < -0.4 is 11.5 Å². The monoisotopic (exact) mass is 240 g/mol. The summed E-state index contributed by atoms with van der Waals surface area (Å²) in [5.74, 6) is -0.283. The van der Waals surface area contributed by atoms with Crippen molar-refractivity contribution in [2.45, 2.75) is 12.8 Å². The molecule has 0 aliphatic rings. The molecular formula is C11H13ClN2O2. The number of aryl methyl sites for hydroxylation is 1. The molecule has 2 aromatic rings. The Morgan fingerprint density at radius 3 is 2.88 bits per heavy atom. The molecule has 0 aliphatic heterocycles. The molecule has 5 heteroatoms. The number of hydrogen-bond acceptors (Lipinski definition) is 3. The highest BCUT2D eigenvalue weighted by Crippen LogP contribution is 2.28. The molecule has 0 saturated carbocycles. The fraction of sp³-hybridized carbons (Fsp3) is 0.364. The molecule has 1 aromatic carbocycles. The number of nitrogens with two attached hydrogens (primary N) is 1. The van der Waals surface area contributed by atoms with Crippen LogP contribution in [-0.4, -0.2) is 11.1 Å². The van der Waals surface area contributed by atoms with E-state index >= 15 is 0 Å². The van der Waals surface area contributed by atoms with Crippen LogP contribution in [-0.2, 0) is 7.05 Å². The fourth-order valence-electron chi connectivity index (χ4n) is 1.71. The van der Waals surface area contributed by atoms with E-state index in [1.165, 1.54) is 4.57 Å². The summed E-state index contributed by atoms with van der Waals surface area (Å²) in [5.41, 5.74) is 7.78. The molecule has 0 radical (unpaired) electrons. The molecule has 0 aliphatic carbocycles. The van der Waals surface area contributed by atoms with Crippen LogP contribution in [0.4, 0.5) is 0 Å². The Morgan fingerprint density at radius 2 is 2.25 bits per heavy atom. The Bertz CT molecular complexity index is 585. The maximum atomic E-state index is 11.4. The lowest BCUT2D eigenvalue weighted by molar-refractivity contribution is 0.523. The van der Waals surface area contributed by atoms with Crippen LogP contribution in [0.2, 0.25) is 5.02 Å². The molecule has 2 rings (SSSR count). The van der Waals surface area contributed by atoms with Gasteiger partial charge in [-0.15, -0.1) is 0 Å². The van der Waals surface area contributed by atoms with E-state index in [1.54, 1.807) is 19.2 Å². The molecule has 0 bridgehead atoms. The average molecular weight is 241 g/mol. The zero-order valence-corrected chi connectivity index (χ0v) is 9.91. The van der Waals surface area contributed by atoms with Gasteiger partial charge in [-0.1, -0.05) is 18.5 Å². The van der Waals surface area contributed by atoms with Crippen molar-refractivity contribution < 1.29 is 4.42 Å². The van der Waals surface area contributed by atoms with E-state index < -0.39 is 0 Å². The van der Waals surface area contributed by atoms with Crippen LogP contribution in [0, 0.1) is 0 Å². The van der Waals surface area contributed by atoms with Gasteiger partial charge < -0.3 is 10.2 Å². The highest BCUT2D eigenvalue weighted by molar-refractivity contribution is 6.31. The normalized spacial score (nSPS) is 13.2. The summed E-state index contributed by atoms with van der Waals surface area (Å²) < 4.78 is 6.64. The molecule has 0 spiro atoms. The number of rotatable bonds is 2. The van der Waals surface area contributed by atoms with Gasteiger partial charge in [0.2, 0.25) is 0 Å². The molecule has 0 amide bonds. The zero-order chi connectivity index (χ0) is 11.9. The average Bonchev–Trinajstić information content (AvgIpc) is 2.54. The molecular weight excluding hydrogens is 228 g/mol. The number of fused-ring (bicyclic) bond motifs is 1. The van der Waals surface area contributed by atoms with Gasteiger partial charge in [-0.3, -0.25) is 4.57 Å². The molecule has 1 atom stereocenters. The lowest BCUT2D eigenvalue weighted by atomic mass is 10.0. The van der Waals surface area contributed by atoms with Crippen LogP contribution in [0.25, 0.3) is 11.1 Å². The SMILES string of the molecule is CC(CN)c1cc(Cl)cc2c1oc(=O)n2C. The number of oxazole rings is 1. The van der Waals surface area contributed by atoms with Gasteiger partial charge in [-0.2, -0.15) is 0 Å². The Labute approximate surface area is 97.6 Å². The highest BCUT2D eigenvalue weighted by Gasteiger charge is 2.15. The van der Waals surface area contributed by atoms with Gasteiger partial charge in [-0.25, -0.2) is 4.79 Å². The number of halogens is 1. The first-order valence-corrected chi connectivity index (χ1v) is 5.41. The Kier molecular flexibility index (Phi) is 2.78. The van der Waals surface area contributed by atoms with Crippen molar-refractivity contribution in [2.75, 3.05) is 6.54 Å². The van der Waals surface area contributed by atoms with Crippen LogP contribution >= 0.6 is 11.6 Å². The Morgan fingerprint density at radius 1 is 1.56 bits per heavy atom. The first-order chi connectivity index (χ1) is 7.54. The van der Waals surface area contributed by atoms with Crippen molar-refractivity contribution in [3.63, 3.8) is 0 Å². The molecule has 4 nitrogen and oxygen atoms in total. The van der Waals surface area contributed by atoms with E-state index in [9.17, 15) is 4.79 Å². The van der Waals surface area contributed by atoms with Crippen molar-refractivity contribution in [1.29, 1.82) is 0 Å². The third-order valence-corrected chi connectivity index (χ3v) is 2.99. The van der Waals surface area contributed by atoms with E-state index in [1.807, 2.05) is 6.92 Å². The summed E-state index contributed by atoms with van der Waals surface area (Å²) in [6, 6.07) is 3.51. The largest absolute Gasteiger partial charge is 0.419 e. The summed E-state index contributed by atoms with van der Waals surface area (Å²) in [6.07, 6.45) is 0. The van der Waals surface area contributed by atoms with Gasteiger partial charge in [0.25, 0.3) is 0 Å². The molecule has 0 fully saturated rings. The third kappa shape index (κ3) is 1.64. The minimum atomic E-state index is -0.386. The lowest BCUT2D eigenvalue weighted by Crippen LogP contribution is -2.09. The second kappa shape index (κ2) is 3.96. The maximum Gasteiger partial charge on any atom is 0.419 e. The van der Waals surface area contributed by atoms with Crippen molar-refractivity contribution in [3.8, 4) is 0 Å². The van der Waals surface area contributed by atoms with Crippen LogP contribution in [0.15, 0.2) is 21.3 Å². The van der Waals surface area contributed by atoms with E-state index in [-0.39, 0.29) is 11.7 Å². The molecule has 1 heterocycles. The van der Waals surface area contributed by atoms with Crippen molar-refractivity contribution in [1.82, 2.24) is 4.57 Å². The van der Waals surface area contributed by atoms with Crippen molar-refractivity contribution in [3.05, 3.63) is 33.3 Å². The van der Waals surface area contributed by atoms with Crippen LogP contribution in [0.1, 0.15) is 18.4 Å². The highest BCUT2D eigenvalue weighted by atomic mass is 35.5. The van der Waals surface area contributed by atoms with E-state index in [0.717, 1.165) is 5.56 Å². The summed E-state index contributed by atoms with van der Waals surface area (Å²) in [6.45, 7) is 2.45. The first kappa shape index (κ1) is 11.2. The molecule has 0 saturated heterocycles. The molecule has 16 heavy (non-hydrogen) atoms. The summed E-state index contributed by atoms with van der Waals surface area (Å²) >= 11 is 6.01. The van der Waals surface area contributed by atoms with Gasteiger partial charge in [0.15, 0.2) is 5.58 Å². The number of aromatic nitrogens is 1. The predicted octanol–water partition coefficient (Wildman–Crippen LogP) is 1.85. The molecule has 2 N–H and O–H groups in total. The van der Waals surface area contributed by atoms with Crippen molar-refractivity contribution in [2.24, 2.45) is 12.8 Å². The second-order valence-corrected chi connectivity index (χ2v) is 4.34. The number of nitrogens with zero attached hydrogens (tertiary/aromatic N) is 1. The summed E-state index contributed by atoms with van der Waals surface area (Å²) in [4.78, 5) is 11.4. The lowest BCUT2D eigenvalue weighted by Gasteiger charge is -2.09. The van der Waals surface area contributed by atoms with Gasteiger partial charge in [0.05, 0.1) is 5.52 Å². The predicted molar refractivity (Wildman–Crippen MR) is 63.9 cm³/mol. The fourth-order valence-corrected chi connectivity index (χ4v) is 1.93. The summed E-state index contributed by atoms with van der Waals surface area (Å²) in [7, 11) is 1.65. The summed E-state index contributed by atoms with van der Waals surface area (Å²) in [5, 5.41) is 0.583. The molecule has 1 aromatic heterocycles. The van der Waals surface area contributed by atoms with E-state index in [2.05, 4.69) is 0 Å². The Hall–Kier alpha value is -1.26. The van der Waals surface area contributed by atoms with Gasteiger partial charge in [0.1, 0.15) is 0 Å². The minimum Gasteiger partial charge on any atom is -0.407 e. The minimum absolute atomic E-state index is 0.103. The van der Waals surface area contributed by atoms with Crippen LogP contribution in [0.5, 0.6) is 0 Å².